The Kier molecular flexibility index (Phi) is 4.44. The molecule has 0 fully saturated rings. The third-order valence-corrected chi connectivity index (χ3v) is 3.53. The Morgan fingerprint density at radius 1 is 0.808 bits per heavy atom. The van der Waals surface area contributed by atoms with Crippen molar-refractivity contribution in [1.82, 2.24) is 0 Å². The van der Waals surface area contributed by atoms with Crippen LogP contribution in [-0.4, -0.2) is 15.8 Å². The van der Waals surface area contributed by atoms with Gasteiger partial charge in [0.15, 0.2) is 5.76 Å². The first-order valence-corrected chi connectivity index (χ1v) is 7.34. The van der Waals surface area contributed by atoms with Gasteiger partial charge in [0.25, 0.3) is 17.3 Å². The van der Waals surface area contributed by atoms with Crippen molar-refractivity contribution in [3.8, 4) is 11.3 Å². The Balaban J connectivity index is 1.73. The molecule has 130 valence electrons. The first kappa shape index (κ1) is 16.8. The zero-order valence-electron chi connectivity index (χ0n) is 13.1. The molecule has 1 N–H and O–H groups in total. The molecule has 0 aliphatic heterocycles. The van der Waals surface area contributed by atoms with Gasteiger partial charge in [0.05, 0.1) is 9.85 Å². The number of non-ortho nitro benzene ring substituents is 2. The van der Waals surface area contributed by atoms with Gasteiger partial charge < -0.3 is 9.73 Å². The third kappa shape index (κ3) is 3.56. The number of carbonyl (C=O) groups excluding carboxylic acids is 1. The van der Waals surface area contributed by atoms with Gasteiger partial charge in [0.2, 0.25) is 0 Å². The number of rotatable bonds is 5. The van der Waals surface area contributed by atoms with Crippen LogP contribution in [0.5, 0.6) is 0 Å². The number of carbonyl (C=O) groups is 1. The van der Waals surface area contributed by atoms with Crippen molar-refractivity contribution in [2.45, 2.75) is 0 Å². The van der Waals surface area contributed by atoms with Crippen molar-refractivity contribution < 1.29 is 19.1 Å². The van der Waals surface area contributed by atoms with Crippen LogP contribution in [0.25, 0.3) is 11.3 Å². The average molecular weight is 353 g/mol. The van der Waals surface area contributed by atoms with Gasteiger partial charge in [0, 0.05) is 35.5 Å². The average Bonchev–Trinajstić information content (AvgIpc) is 3.12. The summed E-state index contributed by atoms with van der Waals surface area (Å²) in [4.78, 5) is 32.4. The Bertz CT molecular complexity index is 976. The summed E-state index contributed by atoms with van der Waals surface area (Å²) in [6.07, 6.45) is 0. The van der Waals surface area contributed by atoms with E-state index in [1.54, 1.807) is 6.07 Å². The quantitative estimate of drug-likeness (QED) is 0.545. The van der Waals surface area contributed by atoms with Crippen molar-refractivity contribution in [3.63, 3.8) is 0 Å². The highest BCUT2D eigenvalue weighted by Gasteiger charge is 2.14. The van der Waals surface area contributed by atoms with E-state index >= 15 is 0 Å². The Morgan fingerprint density at radius 3 is 1.88 bits per heavy atom. The van der Waals surface area contributed by atoms with Gasteiger partial charge in [-0.05, 0) is 36.4 Å². The van der Waals surface area contributed by atoms with Crippen LogP contribution in [0, 0.1) is 20.2 Å². The number of nitrogens with zero attached hydrogens (tertiary/aromatic N) is 2. The minimum absolute atomic E-state index is 0.0386. The third-order valence-electron chi connectivity index (χ3n) is 3.53. The van der Waals surface area contributed by atoms with Crippen LogP contribution in [0.15, 0.2) is 65.1 Å². The number of hydrogen-bond donors (Lipinski definition) is 1. The summed E-state index contributed by atoms with van der Waals surface area (Å²) in [5, 5.41) is 23.9. The van der Waals surface area contributed by atoms with E-state index in [0.717, 1.165) is 0 Å². The fraction of sp³-hybridized carbons (Fsp3) is 0. The smallest absolute Gasteiger partial charge is 0.291 e. The molecule has 0 radical (unpaired) electrons. The van der Waals surface area contributed by atoms with Gasteiger partial charge in [0.1, 0.15) is 5.76 Å². The summed E-state index contributed by atoms with van der Waals surface area (Å²) >= 11 is 0. The molecule has 1 aromatic heterocycles. The molecule has 0 spiro atoms. The highest BCUT2D eigenvalue weighted by Crippen LogP contribution is 2.25. The molecule has 3 rings (SSSR count). The number of furan rings is 1. The molecule has 0 aliphatic rings. The summed E-state index contributed by atoms with van der Waals surface area (Å²) in [5.41, 5.74) is 0.844. The van der Waals surface area contributed by atoms with E-state index in [4.69, 9.17) is 4.42 Å². The maximum absolute atomic E-state index is 12.2. The number of anilines is 1. The molecule has 0 bridgehead atoms. The number of amides is 1. The van der Waals surface area contributed by atoms with Crippen LogP contribution in [0.4, 0.5) is 17.1 Å². The van der Waals surface area contributed by atoms with Crippen molar-refractivity contribution in [2.75, 3.05) is 5.32 Å². The minimum atomic E-state index is -0.533. The van der Waals surface area contributed by atoms with Crippen LogP contribution in [0.2, 0.25) is 0 Å². The first-order valence-electron chi connectivity index (χ1n) is 7.34. The minimum Gasteiger partial charge on any atom is -0.451 e. The van der Waals surface area contributed by atoms with Crippen molar-refractivity contribution in [2.24, 2.45) is 0 Å². The fourth-order valence-electron chi connectivity index (χ4n) is 2.22. The van der Waals surface area contributed by atoms with Crippen molar-refractivity contribution in [3.05, 3.63) is 86.7 Å². The molecule has 0 aliphatic carbocycles. The maximum Gasteiger partial charge on any atom is 0.291 e. The summed E-state index contributed by atoms with van der Waals surface area (Å²) in [6.45, 7) is 0. The van der Waals surface area contributed by atoms with Gasteiger partial charge in [-0.2, -0.15) is 0 Å². The maximum atomic E-state index is 12.2. The molecule has 9 heteroatoms. The number of benzene rings is 2. The predicted molar refractivity (Wildman–Crippen MR) is 91.8 cm³/mol. The Hall–Kier alpha value is -4.01. The second kappa shape index (κ2) is 6.85. The molecule has 0 unspecified atom stereocenters. The molecule has 0 saturated carbocycles. The van der Waals surface area contributed by atoms with Gasteiger partial charge in [-0.1, -0.05) is 0 Å². The Labute approximate surface area is 146 Å². The lowest BCUT2D eigenvalue weighted by Crippen LogP contribution is -2.10. The topological polar surface area (TPSA) is 129 Å². The summed E-state index contributed by atoms with van der Waals surface area (Å²) in [5.74, 6) is -0.0996. The van der Waals surface area contributed by atoms with Crippen molar-refractivity contribution >= 4 is 23.0 Å². The van der Waals surface area contributed by atoms with Crippen LogP contribution in [-0.2, 0) is 0 Å². The number of nitro groups is 2. The SMILES string of the molecule is O=C(Nc1ccc([N+](=O)[O-])cc1)c1ccc(-c2ccc([N+](=O)[O-])cc2)o1. The molecule has 1 amide bonds. The lowest BCUT2D eigenvalue weighted by Gasteiger charge is -2.02. The first-order chi connectivity index (χ1) is 12.4. The lowest BCUT2D eigenvalue weighted by molar-refractivity contribution is -0.385. The van der Waals surface area contributed by atoms with Gasteiger partial charge in [-0.3, -0.25) is 25.0 Å². The van der Waals surface area contributed by atoms with E-state index in [1.165, 1.54) is 54.6 Å². The van der Waals surface area contributed by atoms with E-state index in [-0.39, 0.29) is 17.1 Å². The molecule has 2 aromatic carbocycles. The summed E-state index contributed by atoms with van der Waals surface area (Å²) < 4.78 is 5.48. The number of hydrogen-bond acceptors (Lipinski definition) is 6. The monoisotopic (exact) mass is 353 g/mol. The highest BCUT2D eigenvalue weighted by molar-refractivity contribution is 6.02. The summed E-state index contributed by atoms with van der Waals surface area (Å²) in [6, 6.07) is 14.2. The molecule has 3 aromatic rings. The molecular weight excluding hydrogens is 342 g/mol. The zero-order chi connectivity index (χ0) is 18.7. The molecule has 1 heterocycles. The van der Waals surface area contributed by atoms with Gasteiger partial charge in [-0.25, -0.2) is 0 Å². The number of nitro benzene ring substituents is 2. The molecule has 26 heavy (non-hydrogen) atoms. The molecular formula is C17H11N3O6. The largest absolute Gasteiger partial charge is 0.451 e. The van der Waals surface area contributed by atoms with Crippen LogP contribution < -0.4 is 5.32 Å². The predicted octanol–water partition coefficient (Wildman–Crippen LogP) is 4.02. The highest BCUT2D eigenvalue weighted by atomic mass is 16.6. The van der Waals surface area contributed by atoms with E-state index < -0.39 is 15.8 Å². The lowest BCUT2D eigenvalue weighted by atomic mass is 10.1. The van der Waals surface area contributed by atoms with E-state index in [9.17, 15) is 25.0 Å². The Morgan fingerprint density at radius 2 is 1.35 bits per heavy atom. The van der Waals surface area contributed by atoms with Crippen LogP contribution in [0.1, 0.15) is 10.6 Å². The van der Waals surface area contributed by atoms with Crippen LogP contribution in [0.3, 0.4) is 0 Å². The van der Waals surface area contributed by atoms with Crippen LogP contribution >= 0.6 is 0 Å². The van der Waals surface area contributed by atoms with Crippen molar-refractivity contribution in [1.29, 1.82) is 0 Å². The zero-order valence-corrected chi connectivity index (χ0v) is 13.1. The molecule has 0 atom stereocenters. The van der Waals surface area contributed by atoms with E-state index in [1.807, 2.05) is 0 Å². The molecule has 0 saturated heterocycles. The van der Waals surface area contributed by atoms with Gasteiger partial charge in [-0.15, -0.1) is 0 Å². The van der Waals surface area contributed by atoms with Gasteiger partial charge >= 0.3 is 0 Å². The van der Waals surface area contributed by atoms with E-state index in [0.29, 0.717) is 17.0 Å². The molecule has 9 nitrogen and oxygen atoms in total. The standard InChI is InChI=1S/C17H11N3O6/c21-17(18-12-3-7-14(8-4-12)20(24)25)16-10-9-15(26-16)11-1-5-13(6-2-11)19(22)23/h1-10H,(H,18,21). The second-order valence-corrected chi connectivity index (χ2v) is 5.23. The fourth-order valence-corrected chi connectivity index (χ4v) is 2.22. The normalized spacial score (nSPS) is 10.3. The second-order valence-electron chi connectivity index (χ2n) is 5.23. The van der Waals surface area contributed by atoms with E-state index in [2.05, 4.69) is 5.32 Å². The summed E-state index contributed by atoms with van der Waals surface area (Å²) in [7, 11) is 0. The number of nitrogens with one attached hydrogen (secondary N) is 1.